The highest BCUT2D eigenvalue weighted by Crippen LogP contribution is 2.06. The van der Waals surface area contributed by atoms with Crippen LogP contribution in [0.4, 0.5) is 0 Å². The highest BCUT2D eigenvalue weighted by atomic mass is 16.4. The van der Waals surface area contributed by atoms with Gasteiger partial charge in [0.1, 0.15) is 12.1 Å². The molecular formula is C26H30N6O5. The molecule has 0 spiro atoms. The van der Waals surface area contributed by atoms with Crippen LogP contribution >= 0.6 is 0 Å². The first-order valence-corrected chi connectivity index (χ1v) is 11.7. The molecule has 3 rings (SSSR count). The number of aromatic amines is 1. The molecule has 3 aromatic rings. The van der Waals surface area contributed by atoms with E-state index >= 15 is 0 Å². The summed E-state index contributed by atoms with van der Waals surface area (Å²) in [5.41, 5.74) is 8.14. The second-order valence-corrected chi connectivity index (χ2v) is 8.50. The zero-order chi connectivity index (χ0) is 26.6. The van der Waals surface area contributed by atoms with Crippen molar-refractivity contribution >= 4 is 23.7 Å². The van der Waals surface area contributed by atoms with Crippen molar-refractivity contribution in [3.63, 3.8) is 0 Å². The molecule has 11 heteroatoms. The average molecular weight is 507 g/mol. The van der Waals surface area contributed by atoms with Crippen LogP contribution in [0.5, 0.6) is 0 Å². The molecule has 2 aromatic carbocycles. The number of carboxylic acid groups (broad SMARTS) is 1. The zero-order valence-electron chi connectivity index (χ0n) is 20.1. The number of hydrogen-bond acceptors (Lipinski definition) is 6. The number of nitrogens with two attached hydrogens (primary N) is 1. The molecular weight excluding hydrogens is 476 g/mol. The Morgan fingerprint density at radius 3 is 2.03 bits per heavy atom. The lowest BCUT2D eigenvalue weighted by Gasteiger charge is -2.22. The van der Waals surface area contributed by atoms with Crippen LogP contribution in [0, 0.1) is 0 Å². The first-order valence-electron chi connectivity index (χ1n) is 11.7. The predicted molar refractivity (Wildman–Crippen MR) is 135 cm³/mol. The van der Waals surface area contributed by atoms with Gasteiger partial charge in [-0.15, -0.1) is 0 Å². The quantitative estimate of drug-likeness (QED) is 0.188. The molecule has 11 nitrogen and oxygen atoms in total. The Balaban J connectivity index is 1.60. The third-order valence-corrected chi connectivity index (χ3v) is 5.59. The minimum atomic E-state index is -1.24. The number of imidazole rings is 1. The van der Waals surface area contributed by atoms with E-state index in [4.69, 9.17) is 5.73 Å². The Morgan fingerprint density at radius 2 is 1.46 bits per heavy atom. The van der Waals surface area contributed by atoms with E-state index in [1.54, 1.807) is 24.3 Å². The number of hydrogen-bond donors (Lipinski definition) is 6. The highest BCUT2D eigenvalue weighted by Gasteiger charge is 2.27. The number of H-pyrrole nitrogens is 1. The van der Waals surface area contributed by atoms with Crippen LogP contribution < -0.4 is 21.7 Å². The van der Waals surface area contributed by atoms with Crippen molar-refractivity contribution in [2.75, 3.05) is 6.54 Å². The summed E-state index contributed by atoms with van der Waals surface area (Å²) in [7, 11) is 0. The molecule has 0 saturated carbocycles. The molecule has 3 amide bonds. The highest BCUT2D eigenvalue weighted by molar-refractivity contribution is 5.92. The summed E-state index contributed by atoms with van der Waals surface area (Å²) in [6.45, 7) is -0.392. The predicted octanol–water partition coefficient (Wildman–Crippen LogP) is -0.0647. The van der Waals surface area contributed by atoms with Crippen LogP contribution in [0.3, 0.4) is 0 Å². The summed E-state index contributed by atoms with van der Waals surface area (Å²) in [5.74, 6) is -3.02. The molecule has 0 aliphatic heterocycles. The molecule has 0 aliphatic rings. The summed E-state index contributed by atoms with van der Waals surface area (Å²) >= 11 is 0. The van der Waals surface area contributed by atoms with Crippen LogP contribution in [0.15, 0.2) is 73.2 Å². The second-order valence-electron chi connectivity index (χ2n) is 8.50. The van der Waals surface area contributed by atoms with Gasteiger partial charge in [0.2, 0.25) is 17.7 Å². The van der Waals surface area contributed by atoms with Gasteiger partial charge in [-0.1, -0.05) is 60.7 Å². The topological polar surface area (TPSA) is 179 Å². The molecule has 0 saturated heterocycles. The fourth-order valence-electron chi connectivity index (χ4n) is 3.65. The van der Waals surface area contributed by atoms with Crippen molar-refractivity contribution < 1.29 is 24.3 Å². The molecule has 3 unspecified atom stereocenters. The second kappa shape index (κ2) is 13.5. The number of aliphatic carboxylic acids is 1. The summed E-state index contributed by atoms with van der Waals surface area (Å²) in [4.78, 5) is 56.4. The molecule has 0 aliphatic carbocycles. The molecule has 7 N–H and O–H groups in total. The van der Waals surface area contributed by atoms with Crippen molar-refractivity contribution in [1.82, 2.24) is 25.9 Å². The SMILES string of the molecule is NC(Cc1ccccc1)C(=O)NCC(=O)NC(Cc1ccccc1)C(=O)NC(Cc1cnc[nH]1)C(=O)O. The lowest BCUT2D eigenvalue weighted by atomic mass is 10.0. The van der Waals surface area contributed by atoms with E-state index in [0.29, 0.717) is 12.1 Å². The number of nitrogens with one attached hydrogen (secondary N) is 4. The maximum atomic E-state index is 13.1. The molecule has 37 heavy (non-hydrogen) atoms. The number of amides is 3. The van der Waals surface area contributed by atoms with Gasteiger partial charge >= 0.3 is 5.97 Å². The van der Waals surface area contributed by atoms with E-state index in [2.05, 4.69) is 25.9 Å². The lowest BCUT2D eigenvalue weighted by Crippen LogP contribution is -2.55. The minimum Gasteiger partial charge on any atom is -0.480 e. The molecule has 194 valence electrons. The third kappa shape index (κ3) is 8.89. The normalized spacial score (nSPS) is 13.1. The summed E-state index contributed by atoms with van der Waals surface area (Å²) in [5, 5.41) is 17.1. The number of rotatable bonds is 13. The molecule has 0 fully saturated rings. The van der Waals surface area contributed by atoms with Crippen molar-refractivity contribution in [1.29, 1.82) is 0 Å². The standard InChI is InChI=1S/C26H30N6O5/c27-20(11-17-7-3-1-4-8-17)24(34)29-15-23(33)31-21(12-18-9-5-2-6-10-18)25(35)32-22(26(36)37)13-19-14-28-16-30-19/h1-10,14,16,20-22H,11-13,15,27H2,(H,28,30)(H,29,34)(H,31,33)(H,32,35)(H,36,37). The van der Waals surface area contributed by atoms with Crippen molar-refractivity contribution in [3.8, 4) is 0 Å². The monoisotopic (exact) mass is 506 g/mol. The largest absolute Gasteiger partial charge is 0.480 e. The molecule has 3 atom stereocenters. The van der Waals surface area contributed by atoms with Gasteiger partial charge in [0.25, 0.3) is 0 Å². The van der Waals surface area contributed by atoms with Gasteiger partial charge in [-0.2, -0.15) is 0 Å². The Bertz CT molecular complexity index is 1170. The van der Waals surface area contributed by atoms with Crippen LogP contribution in [0.1, 0.15) is 16.8 Å². The Morgan fingerprint density at radius 1 is 0.838 bits per heavy atom. The number of carbonyl (C=O) groups is 4. The van der Waals surface area contributed by atoms with Crippen molar-refractivity contribution in [3.05, 3.63) is 90.0 Å². The van der Waals surface area contributed by atoms with Gasteiger partial charge in [-0.3, -0.25) is 14.4 Å². The van der Waals surface area contributed by atoms with Crippen LogP contribution in [-0.4, -0.2) is 63.4 Å². The Labute approximate surface area is 213 Å². The average Bonchev–Trinajstić information content (AvgIpc) is 3.41. The first kappa shape index (κ1) is 27.1. The van der Waals surface area contributed by atoms with E-state index in [1.807, 2.05) is 36.4 Å². The van der Waals surface area contributed by atoms with Crippen LogP contribution in [0.2, 0.25) is 0 Å². The van der Waals surface area contributed by atoms with Gasteiger partial charge in [0.05, 0.1) is 18.9 Å². The number of nitrogens with zero attached hydrogens (tertiary/aromatic N) is 1. The van der Waals surface area contributed by atoms with Gasteiger partial charge in [0.15, 0.2) is 0 Å². The Kier molecular flexibility index (Phi) is 9.91. The van der Waals surface area contributed by atoms with E-state index in [-0.39, 0.29) is 12.8 Å². The van der Waals surface area contributed by atoms with E-state index in [9.17, 15) is 24.3 Å². The summed E-state index contributed by atoms with van der Waals surface area (Å²) in [6, 6.07) is 15.1. The molecule has 1 aromatic heterocycles. The van der Waals surface area contributed by atoms with Crippen LogP contribution in [0.25, 0.3) is 0 Å². The molecule has 1 heterocycles. The van der Waals surface area contributed by atoms with E-state index in [1.165, 1.54) is 12.5 Å². The van der Waals surface area contributed by atoms with Gasteiger partial charge in [-0.05, 0) is 17.5 Å². The number of carbonyl (C=O) groups excluding carboxylic acids is 3. The van der Waals surface area contributed by atoms with E-state index in [0.717, 1.165) is 11.1 Å². The fourth-order valence-corrected chi connectivity index (χ4v) is 3.65. The van der Waals surface area contributed by atoms with Gasteiger partial charge in [-0.25, -0.2) is 9.78 Å². The minimum absolute atomic E-state index is 0.0115. The maximum absolute atomic E-state index is 13.1. The molecule has 0 bridgehead atoms. The smallest absolute Gasteiger partial charge is 0.326 e. The number of aromatic nitrogens is 2. The zero-order valence-corrected chi connectivity index (χ0v) is 20.1. The third-order valence-electron chi connectivity index (χ3n) is 5.59. The lowest BCUT2D eigenvalue weighted by molar-refractivity contribution is -0.142. The summed E-state index contributed by atoms with van der Waals surface area (Å²) in [6.07, 6.45) is 3.30. The van der Waals surface area contributed by atoms with Gasteiger partial charge in [0, 0.05) is 24.7 Å². The fraction of sp³-hybridized carbons (Fsp3) is 0.269. The van der Waals surface area contributed by atoms with Crippen LogP contribution in [-0.2, 0) is 38.4 Å². The van der Waals surface area contributed by atoms with Crippen molar-refractivity contribution in [2.45, 2.75) is 37.4 Å². The first-order chi connectivity index (χ1) is 17.8. The summed E-state index contributed by atoms with van der Waals surface area (Å²) < 4.78 is 0. The number of carboxylic acids is 1. The molecule has 0 radical (unpaired) electrons. The number of benzene rings is 2. The maximum Gasteiger partial charge on any atom is 0.326 e. The van der Waals surface area contributed by atoms with Gasteiger partial charge < -0.3 is 31.8 Å². The van der Waals surface area contributed by atoms with Crippen molar-refractivity contribution in [2.24, 2.45) is 5.73 Å². The van der Waals surface area contributed by atoms with E-state index < -0.39 is 48.4 Å². The Hall–Kier alpha value is -4.51.